The van der Waals surface area contributed by atoms with Gasteiger partial charge in [-0.3, -0.25) is 0 Å². The first-order valence-electron chi connectivity index (χ1n) is 5.56. The molecule has 84 valence electrons. The summed E-state index contributed by atoms with van der Waals surface area (Å²) in [5, 5.41) is 10.3. The second-order valence-electron chi connectivity index (χ2n) is 4.15. The number of benzene rings is 1. The summed E-state index contributed by atoms with van der Waals surface area (Å²) in [6.07, 6.45) is 1.54. The predicted octanol–water partition coefficient (Wildman–Crippen LogP) is 3.09. The Morgan fingerprint density at radius 2 is 1.75 bits per heavy atom. The molecule has 2 rings (SSSR count). The molecule has 1 aromatic carbocycles. The highest BCUT2D eigenvalue weighted by Gasteiger charge is 2.17. The molecule has 0 radical (unpaired) electrons. The normalized spacial score (nSPS) is 14.7. The van der Waals surface area contributed by atoms with E-state index in [0.717, 1.165) is 5.56 Å². The smallest absolute Gasteiger partial charge is 0.0994 e. The number of nitrogens with zero attached hydrogens (tertiary/aromatic N) is 1. The first-order chi connectivity index (χ1) is 7.70. The molecule has 2 heteroatoms. The van der Waals surface area contributed by atoms with Crippen LogP contribution in [0.5, 0.6) is 0 Å². The SMILES string of the molecule is Cc1cccn1[C@H](C)[C@@H](O)c1ccccc1. The van der Waals surface area contributed by atoms with E-state index < -0.39 is 6.10 Å². The van der Waals surface area contributed by atoms with Gasteiger partial charge in [0.05, 0.1) is 12.1 Å². The summed E-state index contributed by atoms with van der Waals surface area (Å²) in [5.74, 6) is 0. The maximum Gasteiger partial charge on any atom is 0.0994 e. The minimum absolute atomic E-state index is 0.0531. The van der Waals surface area contributed by atoms with E-state index in [1.54, 1.807) is 0 Å². The molecule has 0 aliphatic carbocycles. The van der Waals surface area contributed by atoms with Crippen LogP contribution >= 0.6 is 0 Å². The summed E-state index contributed by atoms with van der Waals surface area (Å²) >= 11 is 0. The Bertz CT molecular complexity index is 447. The summed E-state index contributed by atoms with van der Waals surface area (Å²) in [7, 11) is 0. The van der Waals surface area contributed by atoms with Gasteiger partial charge >= 0.3 is 0 Å². The Hall–Kier alpha value is -1.54. The Morgan fingerprint density at radius 3 is 2.31 bits per heavy atom. The van der Waals surface area contributed by atoms with Gasteiger partial charge in [-0.1, -0.05) is 30.3 Å². The lowest BCUT2D eigenvalue weighted by Crippen LogP contribution is -2.14. The largest absolute Gasteiger partial charge is 0.386 e. The van der Waals surface area contributed by atoms with Crippen molar-refractivity contribution in [1.29, 1.82) is 0 Å². The van der Waals surface area contributed by atoms with E-state index >= 15 is 0 Å². The lowest BCUT2D eigenvalue weighted by Gasteiger charge is -2.22. The van der Waals surface area contributed by atoms with Gasteiger partial charge in [-0.15, -0.1) is 0 Å². The fourth-order valence-corrected chi connectivity index (χ4v) is 2.02. The quantitative estimate of drug-likeness (QED) is 0.836. The fraction of sp³-hybridized carbons (Fsp3) is 0.286. The van der Waals surface area contributed by atoms with Gasteiger partial charge in [0.2, 0.25) is 0 Å². The van der Waals surface area contributed by atoms with Crippen molar-refractivity contribution in [2.75, 3.05) is 0 Å². The van der Waals surface area contributed by atoms with Crippen molar-refractivity contribution in [2.24, 2.45) is 0 Å². The second kappa shape index (κ2) is 4.54. The van der Waals surface area contributed by atoms with Crippen molar-refractivity contribution >= 4 is 0 Å². The zero-order valence-electron chi connectivity index (χ0n) is 9.67. The molecule has 0 saturated heterocycles. The van der Waals surface area contributed by atoms with E-state index in [-0.39, 0.29) is 6.04 Å². The zero-order valence-corrected chi connectivity index (χ0v) is 9.67. The fourth-order valence-electron chi connectivity index (χ4n) is 2.02. The molecule has 0 bridgehead atoms. The zero-order chi connectivity index (χ0) is 11.5. The molecule has 16 heavy (non-hydrogen) atoms. The van der Waals surface area contributed by atoms with Crippen LogP contribution in [0.15, 0.2) is 48.7 Å². The molecule has 0 amide bonds. The Kier molecular flexibility index (Phi) is 3.11. The Morgan fingerprint density at radius 1 is 1.06 bits per heavy atom. The molecule has 1 aromatic heterocycles. The van der Waals surface area contributed by atoms with E-state index in [1.807, 2.05) is 62.5 Å². The number of aliphatic hydroxyl groups is 1. The van der Waals surface area contributed by atoms with Crippen LogP contribution in [0.25, 0.3) is 0 Å². The van der Waals surface area contributed by atoms with Gasteiger partial charge in [-0.05, 0) is 31.5 Å². The third kappa shape index (κ3) is 2.02. The van der Waals surface area contributed by atoms with Crippen molar-refractivity contribution in [3.05, 3.63) is 59.9 Å². The van der Waals surface area contributed by atoms with Crippen LogP contribution in [0.1, 0.15) is 30.3 Å². The first kappa shape index (κ1) is 11.0. The van der Waals surface area contributed by atoms with Crippen LogP contribution in [-0.4, -0.2) is 9.67 Å². The van der Waals surface area contributed by atoms with Gasteiger partial charge < -0.3 is 9.67 Å². The van der Waals surface area contributed by atoms with Crippen molar-refractivity contribution in [3.63, 3.8) is 0 Å². The van der Waals surface area contributed by atoms with Crippen LogP contribution in [0, 0.1) is 6.92 Å². The standard InChI is InChI=1S/C14H17NO/c1-11-7-6-10-15(11)12(2)14(16)13-8-4-3-5-9-13/h3-10,12,14,16H,1-2H3/t12-,14-/m1/s1. The molecule has 0 saturated carbocycles. The number of aliphatic hydroxyl groups excluding tert-OH is 1. The molecule has 0 aliphatic heterocycles. The molecular weight excluding hydrogens is 198 g/mol. The maximum absolute atomic E-state index is 10.3. The molecule has 2 aromatic rings. The number of rotatable bonds is 3. The highest BCUT2D eigenvalue weighted by Crippen LogP contribution is 2.26. The van der Waals surface area contributed by atoms with Gasteiger partial charge in [0.25, 0.3) is 0 Å². The highest BCUT2D eigenvalue weighted by atomic mass is 16.3. The molecular formula is C14H17NO. The molecule has 2 atom stereocenters. The summed E-state index contributed by atoms with van der Waals surface area (Å²) in [4.78, 5) is 0. The third-order valence-corrected chi connectivity index (χ3v) is 3.03. The van der Waals surface area contributed by atoms with E-state index in [4.69, 9.17) is 0 Å². The van der Waals surface area contributed by atoms with E-state index in [0.29, 0.717) is 0 Å². The van der Waals surface area contributed by atoms with Crippen molar-refractivity contribution in [1.82, 2.24) is 4.57 Å². The minimum Gasteiger partial charge on any atom is -0.386 e. The summed E-state index contributed by atoms with van der Waals surface area (Å²) in [6.45, 7) is 4.08. The van der Waals surface area contributed by atoms with Gasteiger partial charge in [0, 0.05) is 11.9 Å². The monoisotopic (exact) mass is 215 g/mol. The van der Waals surface area contributed by atoms with Crippen LogP contribution in [0.3, 0.4) is 0 Å². The van der Waals surface area contributed by atoms with Gasteiger partial charge in [-0.2, -0.15) is 0 Å². The van der Waals surface area contributed by atoms with E-state index in [2.05, 4.69) is 4.57 Å². The van der Waals surface area contributed by atoms with Crippen LogP contribution in [0.2, 0.25) is 0 Å². The molecule has 1 heterocycles. The van der Waals surface area contributed by atoms with Crippen LogP contribution in [-0.2, 0) is 0 Å². The Balaban J connectivity index is 2.23. The summed E-state index contributed by atoms with van der Waals surface area (Å²) in [6, 6.07) is 13.9. The first-order valence-corrected chi connectivity index (χ1v) is 5.56. The van der Waals surface area contributed by atoms with Crippen molar-refractivity contribution in [2.45, 2.75) is 26.0 Å². The van der Waals surface area contributed by atoms with Crippen LogP contribution < -0.4 is 0 Å². The number of hydrogen-bond acceptors (Lipinski definition) is 1. The minimum atomic E-state index is -0.465. The second-order valence-corrected chi connectivity index (χ2v) is 4.15. The topological polar surface area (TPSA) is 25.2 Å². The van der Waals surface area contributed by atoms with E-state index in [9.17, 15) is 5.11 Å². The summed E-state index contributed by atoms with van der Waals surface area (Å²) in [5.41, 5.74) is 2.13. The molecule has 0 spiro atoms. The van der Waals surface area contributed by atoms with Gasteiger partial charge in [-0.25, -0.2) is 0 Å². The number of aryl methyl sites for hydroxylation is 1. The van der Waals surface area contributed by atoms with Gasteiger partial charge in [0.15, 0.2) is 0 Å². The molecule has 1 N–H and O–H groups in total. The highest BCUT2D eigenvalue weighted by molar-refractivity contribution is 5.19. The van der Waals surface area contributed by atoms with Crippen molar-refractivity contribution in [3.8, 4) is 0 Å². The predicted molar refractivity (Wildman–Crippen MR) is 65.3 cm³/mol. The third-order valence-electron chi connectivity index (χ3n) is 3.03. The molecule has 2 nitrogen and oxygen atoms in total. The van der Waals surface area contributed by atoms with E-state index in [1.165, 1.54) is 5.69 Å². The van der Waals surface area contributed by atoms with Crippen LogP contribution in [0.4, 0.5) is 0 Å². The average molecular weight is 215 g/mol. The lowest BCUT2D eigenvalue weighted by atomic mass is 10.0. The number of aromatic nitrogens is 1. The molecule has 0 unspecified atom stereocenters. The lowest BCUT2D eigenvalue weighted by molar-refractivity contribution is 0.121. The average Bonchev–Trinajstić information content (AvgIpc) is 2.75. The van der Waals surface area contributed by atoms with Gasteiger partial charge in [0.1, 0.15) is 0 Å². The molecule has 0 aliphatic rings. The summed E-state index contributed by atoms with van der Waals surface area (Å²) < 4.78 is 2.09. The molecule has 0 fully saturated rings. The Labute approximate surface area is 96.2 Å². The van der Waals surface area contributed by atoms with Crippen molar-refractivity contribution < 1.29 is 5.11 Å². The number of hydrogen-bond donors (Lipinski definition) is 1. The maximum atomic E-state index is 10.3.